The van der Waals surface area contributed by atoms with Crippen molar-refractivity contribution in [2.45, 2.75) is 16.7 Å². The molecule has 1 amide bonds. The average Bonchev–Trinajstić information content (AvgIpc) is 2.59. The van der Waals surface area contributed by atoms with Gasteiger partial charge in [-0.3, -0.25) is 4.79 Å². The van der Waals surface area contributed by atoms with Gasteiger partial charge in [-0.15, -0.1) is 0 Å². The first kappa shape index (κ1) is 9.53. The fourth-order valence-corrected chi connectivity index (χ4v) is 3.10. The number of rotatable bonds is 2. The summed E-state index contributed by atoms with van der Waals surface area (Å²) in [6.45, 7) is 0. The number of nitrogens with two attached hydrogens (primary N) is 1. The summed E-state index contributed by atoms with van der Waals surface area (Å²) in [5, 5.41) is 1.83. The zero-order valence-electron chi connectivity index (χ0n) is 8.25. The van der Waals surface area contributed by atoms with E-state index in [0.29, 0.717) is 0 Å². The van der Waals surface area contributed by atoms with Crippen LogP contribution in [0.1, 0.15) is 17.4 Å². The first-order chi connectivity index (χ1) is 7.75. The van der Waals surface area contributed by atoms with Crippen LogP contribution in [0.2, 0.25) is 0 Å². The Labute approximate surface area is 95.5 Å². The summed E-state index contributed by atoms with van der Waals surface area (Å²) in [5.74, 6) is -0.322. The molecule has 0 aromatic carbocycles. The molecule has 1 aliphatic rings. The van der Waals surface area contributed by atoms with Crippen molar-refractivity contribution in [1.29, 1.82) is 0 Å². The van der Waals surface area contributed by atoms with Crippen LogP contribution < -0.4 is 5.73 Å². The number of pyridine rings is 1. The number of thioether (sulfide) groups is 1. The predicted molar refractivity (Wildman–Crippen MR) is 59.7 cm³/mol. The Morgan fingerprint density at radius 1 is 1.44 bits per heavy atom. The third-order valence-corrected chi connectivity index (χ3v) is 3.70. The molecule has 80 valence electrons. The van der Waals surface area contributed by atoms with Crippen molar-refractivity contribution in [3.8, 4) is 0 Å². The van der Waals surface area contributed by atoms with Crippen molar-refractivity contribution in [1.82, 2.24) is 15.0 Å². The highest BCUT2D eigenvalue weighted by molar-refractivity contribution is 8.00. The van der Waals surface area contributed by atoms with E-state index in [-0.39, 0.29) is 17.6 Å². The van der Waals surface area contributed by atoms with Crippen LogP contribution in [0, 0.1) is 0 Å². The standard InChI is InChI=1S/C10H8N4OS/c11-7(15)3-6-9-8-5(13-4-14-9)1-2-12-10(8)16-6/h1-2,4,6H,3H2,(H2,11,15). The SMILES string of the molecule is NC(=O)CC1Sc2nccc3ncnc1c23. The zero-order chi connectivity index (χ0) is 11.1. The van der Waals surface area contributed by atoms with Gasteiger partial charge in [0.2, 0.25) is 5.91 Å². The monoisotopic (exact) mass is 232 g/mol. The number of carbonyl (C=O) groups is 1. The second-order valence-corrected chi connectivity index (χ2v) is 4.74. The van der Waals surface area contributed by atoms with Gasteiger partial charge in [0, 0.05) is 12.6 Å². The maximum Gasteiger partial charge on any atom is 0.218 e. The predicted octanol–water partition coefficient (Wildman–Crippen LogP) is 1.05. The van der Waals surface area contributed by atoms with E-state index in [2.05, 4.69) is 15.0 Å². The molecule has 2 aromatic heterocycles. The van der Waals surface area contributed by atoms with Crippen LogP contribution >= 0.6 is 11.8 Å². The summed E-state index contributed by atoms with van der Waals surface area (Å²) in [6.07, 6.45) is 3.52. The van der Waals surface area contributed by atoms with Crippen molar-refractivity contribution in [3.63, 3.8) is 0 Å². The normalized spacial score (nSPS) is 17.9. The van der Waals surface area contributed by atoms with Crippen molar-refractivity contribution in [3.05, 3.63) is 24.3 Å². The van der Waals surface area contributed by atoms with E-state index in [4.69, 9.17) is 5.73 Å². The molecule has 0 bridgehead atoms. The zero-order valence-corrected chi connectivity index (χ0v) is 9.07. The number of aromatic nitrogens is 3. The van der Waals surface area contributed by atoms with Crippen LogP contribution in [-0.2, 0) is 4.79 Å². The molecule has 0 spiro atoms. The molecule has 0 aliphatic carbocycles. The van der Waals surface area contributed by atoms with Gasteiger partial charge < -0.3 is 5.73 Å². The van der Waals surface area contributed by atoms with Crippen LogP contribution in [0.5, 0.6) is 0 Å². The van der Waals surface area contributed by atoms with Gasteiger partial charge in [-0.05, 0) is 6.07 Å². The first-order valence-corrected chi connectivity index (χ1v) is 5.68. The highest BCUT2D eigenvalue weighted by Crippen LogP contribution is 2.47. The summed E-state index contributed by atoms with van der Waals surface area (Å²) in [6, 6.07) is 1.84. The van der Waals surface area contributed by atoms with Crippen LogP contribution in [0.3, 0.4) is 0 Å². The molecule has 1 atom stereocenters. The maximum absolute atomic E-state index is 11.0. The summed E-state index contributed by atoms with van der Waals surface area (Å²) in [4.78, 5) is 23.6. The van der Waals surface area contributed by atoms with E-state index >= 15 is 0 Å². The van der Waals surface area contributed by atoms with Crippen molar-refractivity contribution in [2.75, 3.05) is 0 Å². The molecule has 0 fully saturated rings. The number of nitrogens with zero attached hydrogens (tertiary/aromatic N) is 3. The molecule has 0 saturated carbocycles. The Hall–Kier alpha value is -1.69. The number of hydrogen-bond donors (Lipinski definition) is 1. The second kappa shape index (κ2) is 3.41. The molecule has 2 aromatic rings. The highest BCUT2D eigenvalue weighted by atomic mass is 32.2. The Kier molecular flexibility index (Phi) is 2.03. The fraction of sp³-hybridized carbons (Fsp3) is 0.200. The second-order valence-electron chi connectivity index (χ2n) is 3.55. The van der Waals surface area contributed by atoms with E-state index in [9.17, 15) is 4.79 Å². The molecule has 16 heavy (non-hydrogen) atoms. The maximum atomic E-state index is 11.0. The Balaban J connectivity index is 2.17. The van der Waals surface area contributed by atoms with E-state index in [1.807, 2.05) is 6.07 Å². The lowest BCUT2D eigenvalue weighted by Gasteiger charge is -2.05. The first-order valence-electron chi connectivity index (χ1n) is 4.80. The third-order valence-electron chi connectivity index (χ3n) is 2.49. The van der Waals surface area contributed by atoms with Crippen LogP contribution in [-0.4, -0.2) is 20.9 Å². The Morgan fingerprint density at radius 2 is 2.31 bits per heavy atom. The van der Waals surface area contributed by atoms with Crippen molar-refractivity contribution in [2.24, 2.45) is 5.73 Å². The summed E-state index contributed by atoms with van der Waals surface area (Å²) in [7, 11) is 0. The molecule has 6 heteroatoms. The van der Waals surface area contributed by atoms with Crippen LogP contribution in [0.15, 0.2) is 23.6 Å². The molecule has 3 heterocycles. The smallest absolute Gasteiger partial charge is 0.218 e. The molecule has 1 aliphatic heterocycles. The number of hydrogen-bond acceptors (Lipinski definition) is 5. The Bertz CT molecular complexity index is 581. The minimum absolute atomic E-state index is 0.0205. The fourth-order valence-electron chi connectivity index (χ4n) is 1.84. The van der Waals surface area contributed by atoms with Gasteiger partial charge in [0.15, 0.2) is 0 Å². The van der Waals surface area contributed by atoms with E-state index in [1.54, 1.807) is 6.20 Å². The molecular formula is C10H8N4OS. The van der Waals surface area contributed by atoms with Gasteiger partial charge >= 0.3 is 0 Å². The van der Waals surface area contributed by atoms with Gasteiger partial charge in [0.1, 0.15) is 11.4 Å². The topological polar surface area (TPSA) is 81.8 Å². The van der Waals surface area contributed by atoms with Gasteiger partial charge in [-0.2, -0.15) is 0 Å². The van der Waals surface area contributed by atoms with Crippen LogP contribution in [0.4, 0.5) is 0 Å². The summed E-state index contributed by atoms with van der Waals surface area (Å²) >= 11 is 1.53. The van der Waals surface area contributed by atoms with Gasteiger partial charge in [-0.25, -0.2) is 15.0 Å². The minimum atomic E-state index is -0.322. The summed E-state index contributed by atoms with van der Waals surface area (Å²) in [5.41, 5.74) is 6.96. The lowest BCUT2D eigenvalue weighted by molar-refractivity contribution is -0.118. The third kappa shape index (κ3) is 1.34. The minimum Gasteiger partial charge on any atom is -0.370 e. The largest absolute Gasteiger partial charge is 0.370 e. The molecular weight excluding hydrogens is 224 g/mol. The van der Waals surface area contributed by atoms with Gasteiger partial charge in [0.25, 0.3) is 0 Å². The van der Waals surface area contributed by atoms with Crippen LogP contribution in [0.25, 0.3) is 10.9 Å². The quantitative estimate of drug-likeness (QED) is 0.836. The van der Waals surface area contributed by atoms with Crippen molar-refractivity contribution >= 4 is 28.6 Å². The molecule has 0 radical (unpaired) electrons. The van der Waals surface area contributed by atoms with Crippen molar-refractivity contribution < 1.29 is 4.79 Å². The lowest BCUT2D eigenvalue weighted by atomic mass is 10.1. The van der Waals surface area contributed by atoms with E-state index in [1.165, 1.54) is 18.1 Å². The molecule has 2 N–H and O–H groups in total. The number of amides is 1. The number of carbonyl (C=O) groups excluding carboxylic acids is 1. The van der Waals surface area contributed by atoms with Gasteiger partial charge in [-0.1, -0.05) is 11.8 Å². The molecule has 1 unspecified atom stereocenters. The van der Waals surface area contributed by atoms with E-state index < -0.39 is 0 Å². The Morgan fingerprint density at radius 3 is 3.12 bits per heavy atom. The summed E-state index contributed by atoms with van der Waals surface area (Å²) < 4.78 is 0. The average molecular weight is 232 g/mol. The van der Waals surface area contributed by atoms with Gasteiger partial charge in [0.05, 0.1) is 21.8 Å². The molecule has 5 nitrogen and oxygen atoms in total. The molecule has 0 saturated heterocycles. The highest BCUT2D eigenvalue weighted by Gasteiger charge is 2.29. The molecule has 3 rings (SSSR count). The van der Waals surface area contributed by atoms with E-state index in [0.717, 1.165) is 21.6 Å². The number of primary amides is 1. The lowest BCUT2D eigenvalue weighted by Crippen LogP contribution is -2.13.